The number of thioether (sulfide) groups is 1. The number of aromatic nitrogens is 4. The van der Waals surface area contributed by atoms with Crippen molar-refractivity contribution in [3.05, 3.63) is 48.8 Å². The van der Waals surface area contributed by atoms with Crippen molar-refractivity contribution < 1.29 is 9.59 Å². The van der Waals surface area contributed by atoms with E-state index < -0.39 is 0 Å². The lowest BCUT2D eigenvalue weighted by Crippen LogP contribution is -2.23. The first kappa shape index (κ1) is 19.7. The molecule has 1 aromatic carbocycles. The first-order chi connectivity index (χ1) is 15.2. The summed E-state index contributed by atoms with van der Waals surface area (Å²) in [7, 11) is 0. The van der Waals surface area contributed by atoms with Crippen LogP contribution in [0.3, 0.4) is 0 Å². The molecular weight excluding hydrogens is 412 g/mol. The van der Waals surface area contributed by atoms with Gasteiger partial charge in [-0.25, -0.2) is 0 Å². The quantitative estimate of drug-likeness (QED) is 0.572. The van der Waals surface area contributed by atoms with Gasteiger partial charge in [0.1, 0.15) is 0 Å². The Balaban J connectivity index is 1.22. The second kappa shape index (κ2) is 8.50. The summed E-state index contributed by atoms with van der Waals surface area (Å²) < 4.78 is 2.13. The van der Waals surface area contributed by atoms with Gasteiger partial charge in [-0.1, -0.05) is 11.8 Å². The summed E-state index contributed by atoms with van der Waals surface area (Å²) in [6.45, 7) is 0.754. The molecule has 2 aliphatic rings. The first-order valence-electron chi connectivity index (χ1n) is 10.4. The molecule has 0 unspecified atom stereocenters. The zero-order valence-corrected chi connectivity index (χ0v) is 17.7. The summed E-state index contributed by atoms with van der Waals surface area (Å²) in [5, 5.41) is 12.4. The molecule has 1 saturated carbocycles. The highest BCUT2D eigenvalue weighted by Gasteiger charge is 2.30. The fourth-order valence-corrected chi connectivity index (χ4v) is 4.51. The maximum Gasteiger partial charge on any atom is 0.234 e. The van der Waals surface area contributed by atoms with Crippen molar-refractivity contribution >= 4 is 35.0 Å². The molecule has 2 amide bonds. The average Bonchev–Trinajstić information content (AvgIpc) is 3.40. The molecule has 0 atom stereocenters. The van der Waals surface area contributed by atoms with Gasteiger partial charge in [0, 0.05) is 48.3 Å². The topological polar surface area (TPSA) is 93.0 Å². The van der Waals surface area contributed by atoms with E-state index in [2.05, 4.69) is 25.1 Å². The zero-order valence-electron chi connectivity index (χ0n) is 16.9. The average molecular weight is 435 g/mol. The molecule has 5 rings (SSSR count). The Labute approximate surface area is 184 Å². The van der Waals surface area contributed by atoms with Crippen molar-refractivity contribution in [2.24, 2.45) is 0 Å². The maximum atomic E-state index is 12.5. The van der Waals surface area contributed by atoms with E-state index in [1.54, 1.807) is 17.3 Å². The van der Waals surface area contributed by atoms with Crippen LogP contribution in [0.25, 0.3) is 11.4 Å². The van der Waals surface area contributed by atoms with Gasteiger partial charge in [0.25, 0.3) is 0 Å². The molecule has 1 aliphatic heterocycles. The van der Waals surface area contributed by atoms with Crippen LogP contribution in [0.4, 0.5) is 11.4 Å². The highest BCUT2D eigenvalue weighted by atomic mass is 32.2. The Morgan fingerprint density at radius 2 is 1.87 bits per heavy atom. The predicted molar refractivity (Wildman–Crippen MR) is 119 cm³/mol. The van der Waals surface area contributed by atoms with Crippen LogP contribution in [0.2, 0.25) is 0 Å². The van der Waals surface area contributed by atoms with Crippen LogP contribution in [0.5, 0.6) is 0 Å². The fraction of sp³-hybridized carbons (Fsp3) is 0.318. The largest absolute Gasteiger partial charge is 0.325 e. The SMILES string of the molecule is O=C(CSc1nnc(-c2ccncc2)n1C1CC1)Nc1ccc(N2CCCC2=O)cc1. The van der Waals surface area contributed by atoms with Crippen LogP contribution in [-0.4, -0.2) is 43.9 Å². The summed E-state index contributed by atoms with van der Waals surface area (Å²) in [6, 6.07) is 11.6. The number of pyridine rings is 1. The molecule has 158 valence electrons. The van der Waals surface area contributed by atoms with E-state index in [0.29, 0.717) is 18.2 Å². The molecule has 2 aromatic heterocycles. The highest BCUT2D eigenvalue weighted by molar-refractivity contribution is 7.99. The summed E-state index contributed by atoms with van der Waals surface area (Å²) >= 11 is 1.39. The third-order valence-electron chi connectivity index (χ3n) is 5.38. The highest BCUT2D eigenvalue weighted by Crippen LogP contribution is 2.41. The third-order valence-corrected chi connectivity index (χ3v) is 6.33. The van der Waals surface area contributed by atoms with Crippen molar-refractivity contribution in [3.63, 3.8) is 0 Å². The lowest BCUT2D eigenvalue weighted by molar-refractivity contribution is -0.117. The van der Waals surface area contributed by atoms with Crippen LogP contribution >= 0.6 is 11.8 Å². The van der Waals surface area contributed by atoms with Gasteiger partial charge in [0.2, 0.25) is 11.8 Å². The van der Waals surface area contributed by atoms with Gasteiger partial charge >= 0.3 is 0 Å². The van der Waals surface area contributed by atoms with E-state index in [-0.39, 0.29) is 17.6 Å². The minimum atomic E-state index is -0.106. The molecule has 0 radical (unpaired) electrons. The number of amides is 2. The fourth-order valence-electron chi connectivity index (χ4n) is 3.71. The number of anilines is 2. The second-order valence-electron chi connectivity index (χ2n) is 7.68. The Morgan fingerprint density at radius 3 is 2.55 bits per heavy atom. The minimum Gasteiger partial charge on any atom is -0.325 e. The molecule has 0 bridgehead atoms. The predicted octanol–water partition coefficient (Wildman–Crippen LogP) is 3.53. The van der Waals surface area contributed by atoms with Gasteiger partial charge in [-0.3, -0.25) is 19.1 Å². The van der Waals surface area contributed by atoms with Crippen LogP contribution in [0, 0.1) is 0 Å². The molecular formula is C22H22N6O2S. The van der Waals surface area contributed by atoms with Crippen LogP contribution in [0.15, 0.2) is 53.9 Å². The van der Waals surface area contributed by atoms with Gasteiger partial charge in [0.15, 0.2) is 11.0 Å². The molecule has 8 nitrogen and oxygen atoms in total. The van der Waals surface area contributed by atoms with E-state index in [0.717, 1.165) is 48.0 Å². The Hall–Kier alpha value is -3.20. The molecule has 9 heteroatoms. The number of hydrogen-bond acceptors (Lipinski definition) is 6. The number of carbonyl (C=O) groups excluding carboxylic acids is 2. The van der Waals surface area contributed by atoms with Crippen LogP contribution in [0.1, 0.15) is 31.7 Å². The molecule has 3 aromatic rings. The van der Waals surface area contributed by atoms with Crippen LogP contribution < -0.4 is 10.2 Å². The minimum absolute atomic E-state index is 0.106. The summed E-state index contributed by atoms with van der Waals surface area (Å²) in [4.78, 5) is 30.2. The van der Waals surface area contributed by atoms with E-state index in [1.165, 1.54) is 11.8 Å². The Morgan fingerprint density at radius 1 is 1.10 bits per heavy atom. The van der Waals surface area contributed by atoms with Crippen molar-refractivity contribution in [2.75, 3.05) is 22.5 Å². The van der Waals surface area contributed by atoms with Crippen molar-refractivity contribution in [2.45, 2.75) is 36.9 Å². The molecule has 0 spiro atoms. The smallest absolute Gasteiger partial charge is 0.234 e. The van der Waals surface area contributed by atoms with Gasteiger partial charge in [-0.2, -0.15) is 0 Å². The van der Waals surface area contributed by atoms with Gasteiger partial charge in [0.05, 0.1) is 5.75 Å². The normalized spacial score (nSPS) is 16.0. The monoisotopic (exact) mass is 434 g/mol. The van der Waals surface area contributed by atoms with Crippen LogP contribution in [-0.2, 0) is 9.59 Å². The van der Waals surface area contributed by atoms with Crippen molar-refractivity contribution in [1.29, 1.82) is 0 Å². The zero-order chi connectivity index (χ0) is 21.2. The second-order valence-corrected chi connectivity index (χ2v) is 8.62. The molecule has 31 heavy (non-hydrogen) atoms. The Kier molecular flexibility index (Phi) is 5.42. The van der Waals surface area contributed by atoms with Crippen molar-refractivity contribution in [1.82, 2.24) is 19.7 Å². The van der Waals surface area contributed by atoms with Gasteiger partial charge in [-0.05, 0) is 55.7 Å². The maximum absolute atomic E-state index is 12.5. The number of hydrogen-bond donors (Lipinski definition) is 1. The van der Waals surface area contributed by atoms with E-state index in [1.807, 2.05) is 36.4 Å². The molecule has 2 fully saturated rings. The number of carbonyl (C=O) groups is 2. The van der Waals surface area contributed by atoms with Gasteiger partial charge in [-0.15, -0.1) is 10.2 Å². The third kappa shape index (κ3) is 4.32. The number of nitrogens with one attached hydrogen (secondary N) is 1. The number of nitrogens with zero attached hydrogens (tertiary/aromatic N) is 5. The van der Waals surface area contributed by atoms with E-state index in [9.17, 15) is 9.59 Å². The summed E-state index contributed by atoms with van der Waals surface area (Å²) in [5.74, 6) is 1.11. The van der Waals surface area contributed by atoms with Crippen molar-refractivity contribution in [3.8, 4) is 11.4 Å². The molecule has 1 N–H and O–H groups in total. The Bertz CT molecular complexity index is 1090. The molecule has 1 aliphatic carbocycles. The van der Waals surface area contributed by atoms with Gasteiger partial charge < -0.3 is 10.2 Å². The van der Waals surface area contributed by atoms with E-state index >= 15 is 0 Å². The number of rotatable bonds is 7. The summed E-state index contributed by atoms with van der Waals surface area (Å²) in [6.07, 6.45) is 7.18. The lowest BCUT2D eigenvalue weighted by atomic mass is 10.2. The molecule has 1 saturated heterocycles. The number of benzene rings is 1. The lowest BCUT2D eigenvalue weighted by Gasteiger charge is -2.16. The van der Waals surface area contributed by atoms with E-state index in [4.69, 9.17) is 0 Å². The summed E-state index contributed by atoms with van der Waals surface area (Å²) in [5.41, 5.74) is 2.56. The standard InChI is InChI=1S/C22H22N6O2S/c29-19(24-16-3-5-17(6-4-16)27-13-1-2-20(27)30)14-31-22-26-25-21(28(22)18-7-8-18)15-9-11-23-12-10-15/h3-6,9-12,18H,1-2,7-8,13-14H2,(H,24,29). The first-order valence-corrected chi connectivity index (χ1v) is 11.4. The molecule has 3 heterocycles.